The molecule has 1 amide bonds. The van der Waals surface area contributed by atoms with Gasteiger partial charge in [-0.05, 0) is 24.0 Å². The lowest BCUT2D eigenvalue weighted by atomic mass is 10.0. The van der Waals surface area contributed by atoms with Gasteiger partial charge in [-0.3, -0.25) is 4.79 Å². The van der Waals surface area contributed by atoms with Crippen LogP contribution in [0.1, 0.15) is 44.2 Å². The molecule has 0 saturated carbocycles. The van der Waals surface area contributed by atoms with E-state index in [2.05, 4.69) is 38.1 Å². The SMILES string of the molecule is CCN(Cc1ccc(C(C)C)cc1)C(=O)CCN. The third kappa shape index (κ3) is 4.15. The summed E-state index contributed by atoms with van der Waals surface area (Å²) in [4.78, 5) is 13.6. The molecule has 0 atom stereocenters. The highest BCUT2D eigenvalue weighted by atomic mass is 16.2. The van der Waals surface area contributed by atoms with Crippen molar-refractivity contribution in [2.75, 3.05) is 13.1 Å². The molecular formula is C15H24N2O. The van der Waals surface area contributed by atoms with E-state index >= 15 is 0 Å². The van der Waals surface area contributed by atoms with Crippen LogP contribution < -0.4 is 5.73 Å². The molecule has 3 heteroatoms. The number of carbonyl (C=O) groups is 1. The number of benzene rings is 1. The van der Waals surface area contributed by atoms with Gasteiger partial charge < -0.3 is 10.6 Å². The summed E-state index contributed by atoms with van der Waals surface area (Å²) in [5.41, 5.74) is 7.92. The fraction of sp³-hybridized carbons (Fsp3) is 0.533. The van der Waals surface area contributed by atoms with Gasteiger partial charge in [0.05, 0.1) is 0 Å². The average molecular weight is 248 g/mol. The first-order chi connectivity index (χ1) is 8.58. The summed E-state index contributed by atoms with van der Waals surface area (Å²) in [6.07, 6.45) is 0.428. The van der Waals surface area contributed by atoms with Gasteiger partial charge in [0.25, 0.3) is 0 Å². The molecule has 0 saturated heterocycles. The average Bonchev–Trinajstić information content (AvgIpc) is 2.36. The number of amides is 1. The molecule has 0 fully saturated rings. The smallest absolute Gasteiger partial charge is 0.224 e. The topological polar surface area (TPSA) is 46.3 Å². The molecule has 2 N–H and O–H groups in total. The Labute approximate surface area is 110 Å². The molecule has 1 aromatic rings. The van der Waals surface area contributed by atoms with Gasteiger partial charge >= 0.3 is 0 Å². The minimum atomic E-state index is 0.132. The van der Waals surface area contributed by atoms with Crippen molar-refractivity contribution in [3.63, 3.8) is 0 Å². The van der Waals surface area contributed by atoms with Gasteiger partial charge in [0, 0.05) is 26.1 Å². The molecule has 0 radical (unpaired) electrons. The second kappa shape index (κ2) is 7.17. The summed E-state index contributed by atoms with van der Waals surface area (Å²) >= 11 is 0. The highest BCUT2D eigenvalue weighted by Gasteiger charge is 2.11. The summed E-state index contributed by atoms with van der Waals surface area (Å²) in [7, 11) is 0. The molecular weight excluding hydrogens is 224 g/mol. The molecule has 3 nitrogen and oxygen atoms in total. The van der Waals surface area contributed by atoms with E-state index in [1.54, 1.807) is 0 Å². The van der Waals surface area contributed by atoms with Gasteiger partial charge in [-0.15, -0.1) is 0 Å². The molecule has 0 aliphatic carbocycles. The molecule has 0 bridgehead atoms. The lowest BCUT2D eigenvalue weighted by Gasteiger charge is -2.21. The summed E-state index contributed by atoms with van der Waals surface area (Å²) in [6.45, 7) is 8.17. The van der Waals surface area contributed by atoms with E-state index in [1.807, 2.05) is 11.8 Å². The van der Waals surface area contributed by atoms with Crippen LogP contribution in [0.4, 0.5) is 0 Å². The second-order valence-electron chi connectivity index (χ2n) is 4.84. The fourth-order valence-electron chi connectivity index (χ4n) is 1.89. The summed E-state index contributed by atoms with van der Waals surface area (Å²) < 4.78 is 0. The molecule has 0 spiro atoms. The lowest BCUT2D eigenvalue weighted by Crippen LogP contribution is -2.31. The Balaban J connectivity index is 2.67. The number of nitrogens with two attached hydrogens (primary N) is 1. The second-order valence-corrected chi connectivity index (χ2v) is 4.84. The third-order valence-electron chi connectivity index (χ3n) is 3.11. The van der Waals surface area contributed by atoms with Crippen molar-refractivity contribution in [3.8, 4) is 0 Å². The van der Waals surface area contributed by atoms with Crippen LogP contribution in [0, 0.1) is 0 Å². The maximum atomic E-state index is 11.8. The van der Waals surface area contributed by atoms with Gasteiger partial charge in [0.1, 0.15) is 0 Å². The molecule has 100 valence electrons. The molecule has 0 aromatic heterocycles. The Morgan fingerprint density at radius 3 is 2.33 bits per heavy atom. The predicted octanol–water partition coefficient (Wildman–Crippen LogP) is 2.51. The molecule has 0 aliphatic rings. The van der Waals surface area contributed by atoms with E-state index in [-0.39, 0.29) is 5.91 Å². The Hall–Kier alpha value is -1.35. The van der Waals surface area contributed by atoms with E-state index in [4.69, 9.17) is 5.73 Å². The largest absolute Gasteiger partial charge is 0.339 e. The van der Waals surface area contributed by atoms with Crippen LogP contribution in [0.15, 0.2) is 24.3 Å². The highest BCUT2D eigenvalue weighted by Crippen LogP contribution is 2.15. The third-order valence-corrected chi connectivity index (χ3v) is 3.11. The van der Waals surface area contributed by atoms with Crippen LogP contribution in [0.5, 0.6) is 0 Å². The van der Waals surface area contributed by atoms with Crippen molar-refractivity contribution in [3.05, 3.63) is 35.4 Å². The Morgan fingerprint density at radius 1 is 1.28 bits per heavy atom. The molecule has 1 rings (SSSR count). The molecule has 1 aromatic carbocycles. The monoisotopic (exact) mass is 248 g/mol. The van der Waals surface area contributed by atoms with Gasteiger partial charge in [0.2, 0.25) is 5.91 Å². The number of nitrogens with zero attached hydrogens (tertiary/aromatic N) is 1. The highest BCUT2D eigenvalue weighted by molar-refractivity contribution is 5.76. The standard InChI is InChI=1S/C15H24N2O/c1-4-17(15(18)9-10-16)11-13-5-7-14(8-6-13)12(2)3/h5-8,12H,4,9-11,16H2,1-3H3. The summed E-state index contributed by atoms with van der Waals surface area (Å²) in [6, 6.07) is 8.49. The van der Waals surface area contributed by atoms with Crippen LogP contribution in [-0.4, -0.2) is 23.9 Å². The zero-order valence-corrected chi connectivity index (χ0v) is 11.6. The van der Waals surface area contributed by atoms with E-state index in [0.29, 0.717) is 25.4 Å². The van der Waals surface area contributed by atoms with E-state index < -0.39 is 0 Å². The van der Waals surface area contributed by atoms with Crippen molar-refractivity contribution in [2.24, 2.45) is 5.73 Å². The van der Waals surface area contributed by atoms with Crippen LogP contribution in [-0.2, 0) is 11.3 Å². The van der Waals surface area contributed by atoms with Crippen molar-refractivity contribution in [1.82, 2.24) is 4.90 Å². The maximum Gasteiger partial charge on any atom is 0.224 e. The first kappa shape index (κ1) is 14.7. The normalized spacial score (nSPS) is 10.7. The minimum absolute atomic E-state index is 0.132. The lowest BCUT2D eigenvalue weighted by molar-refractivity contribution is -0.131. The summed E-state index contributed by atoms with van der Waals surface area (Å²) in [5.74, 6) is 0.674. The Morgan fingerprint density at radius 2 is 1.89 bits per heavy atom. The maximum absolute atomic E-state index is 11.8. The number of rotatable bonds is 6. The number of hydrogen-bond donors (Lipinski definition) is 1. The minimum Gasteiger partial charge on any atom is -0.339 e. The first-order valence-electron chi connectivity index (χ1n) is 6.65. The van der Waals surface area contributed by atoms with Crippen molar-refractivity contribution < 1.29 is 4.79 Å². The zero-order valence-electron chi connectivity index (χ0n) is 11.6. The summed E-state index contributed by atoms with van der Waals surface area (Å²) in [5, 5.41) is 0. The Kier molecular flexibility index (Phi) is 5.86. The molecule has 0 unspecified atom stereocenters. The Bertz CT molecular complexity index is 371. The number of hydrogen-bond acceptors (Lipinski definition) is 2. The zero-order chi connectivity index (χ0) is 13.5. The van der Waals surface area contributed by atoms with Gasteiger partial charge in [-0.2, -0.15) is 0 Å². The first-order valence-corrected chi connectivity index (χ1v) is 6.65. The van der Waals surface area contributed by atoms with Crippen molar-refractivity contribution in [2.45, 2.75) is 39.7 Å². The van der Waals surface area contributed by atoms with Crippen molar-refractivity contribution >= 4 is 5.91 Å². The van der Waals surface area contributed by atoms with E-state index in [9.17, 15) is 4.79 Å². The predicted molar refractivity (Wildman–Crippen MR) is 75.3 cm³/mol. The molecule has 0 aliphatic heterocycles. The van der Waals surface area contributed by atoms with Crippen LogP contribution in [0.2, 0.25) is 0 Å². The van der Waals surface area contributed by atoms with Crippen LogP contribution in [0.3, 0.4) is 0 Å². The molecule has 18 heavy (non-hydrogen) atoms. The van der Waals surface area contributed by atoms with Gasteiger partial charge in [-0.1, -0.05) is 38.1 Å². The van der Waals surface area contributed by atoms with E-state index in [0.717, 1.165) is 6.54 Å². The number of carbonyl (C=O) groups excluding carboxylic acids is 1. The quantitative estimate of drug-likeness (QED) is 0.840. The van der Waals surface area contributed by atoms with Gasteiger partial charge in [0.15, 0.2) is 0 Å². The van der Waals surface area contributed by atoms with Crippen LogP contribution in [0.25, 0.3) is 0 Å². The van der Waals surface area contributed by atoms with E-state index in [1.165, 1.54) is 11.1 Å². The van der Waals surface area contributed by atoms with Crippen LogP contribution >= 0.6 is 0 Å². The fourth-order valence-corrected chi connectivity index (χ4v) is 1.89. The van der Waals surface area contributed by atoms with Crippen molar-refractivity contribution in [1.29, 1.82) is 0 Å². The molecule has 0 heterocycles. The van der Waals surface area contributed by atoms with Gasteiger partial charge in [-0.25, -0.2) is 0 Å².